The molecule has 0 aromatic heterocycles. The number of esters is 1. The monoisotopic (exact) mass is 277 g/mol. The lowest BCUT2D eigenvalue weighted by Crippen LogP contribution is -2.38. The summed E-state index contributed by atoms with van der Waals surface area (Å²) in [6, 6.07) is 4.85. The van der Waals surface area contributed by atoms with E-state index in [1.54, 1.807) is 30.9 Å². The predicted octanol–water partition coefficient (Wildman–Crippen LogP) is 1.87. The molecule has 1 saturated heterocycles. The van der Waals surface area contributed by atoms with Crippen LogP contribution in [0, 0.1) is 6.92 Å². The zero-order chi connectivity index (χ0) is 14.7. The van der Waals surface area contributed by atoms with Crippen LogP contribution >= 0.6 is 0 Å². The van der Waals surface area contributed by atoms with Crippen molar-refractivity contribution in [2.45, 2.75) is 32.8 Å². The standard InChI is InChI=1S/C15H19NO4/c1-10-6-5-7-12(13(10)17)15(19)20-11(2)14(18)16-8-3-4-9-16/h5-7,11,17H,3-4,8-9H2,1-2H3. The topological polar surface area (TPSA) is 66.8 Å². The molecule has 0 aliphatic carbocycles. The summed E-state index contributed by atoms with van der Waals surface area (Å²) in [4.78, 5) is 25.7. The third-order valence-electron chi connectivity index (χ3n) is 3.51. The van der Waals surface area contributed by atoms with Gasteiger partial charge in [-0.15, -0.1) is 0 Å². The maximum atomic E-state index is 12.1. The third-order valence-corrected chi connectivity index (χ3v) is 3.51. The molecular formula is C15H19NO4. The van der Waals surface area contributed by atoms with Crippen molar-refractivity contribution in [3.05, 3.63) is 29.3 Å². The molecule has 1 unspecified atom stereocenters. The number of aromatic hydroxyl groups is 1. The summed E-state index contributed by atoms with van der Waals surface area (Å²) in [7, 11) is 0. The van der Waals surface area contributed by atoms with Crippen molar-refractivity contribution >= 4 is 11.9 Å². The zero-order valence-electron chi connectivity index (χ0n) is 11.8. The van der Waals surface area contributed by atoms with Gasteiger partial charge in [0, 0.05) is 13.1 Å². The van der Waals surface area contributed by atoms with Crippen LogP contribution in [0.4, 0.5) is 0 Å². The van der Waals surface area contributed by atoms with Gasteiger partial charge in [-0.25, -0.2) is 4.79 Å². The summed E-state index contributed by atoms with van der Waals surface area (Å²) in [6.45, 7) is 4.70. The number of hydrogen-bond donors (Lipinski definition) is 1. The van der Waals surface area contributed by atoms with Gasteiger partial charge in [-0.1, -0.05) is 12.1 Å². The van der Waals surface area contributed by atoms with Crippen molar-refractivity contribution in [1.29, 1.82) is 0 Å². The van der Waals surface area contributed by atoms with Crippen LogP contribution in [-0.4, -0.2) is 41.1 Å². The molecule has 1 N–H and O–H groups in total. The Labute approximate surface area is 118 Å². The van der Waals surface area contributed by atoms with Gasteiger partial charge in [0.15, 0.2) is 6.10 Å². The molecule has 1 aliphatic heterocycles. The molecule has 1 aromatic rings. The Hall–Kier alpha value is -2.04. The molecule has 1 fully saturated rings. The van der Waals surface area contributed by atoms with Crippen LogP contribution in [0.3, 0.4) is 0 Å². The smallest absolute Gasteiger partial charge is 0.342 e. The number of carbonyl (C=O) groups is 2. The van der Waals surface area contributed by atoms with Gasteiger partial charge in [-0.3, -0.25) is 4.79 Å². The number of rotatable bonds is 3. The average Bonchev–Trinajstić information content (AvgIpc) is 2.94. The van der Waals surface area contributed by atoms with E-state index in [1.807, 2.05) is 0 Å². The number of para-hydroxylation sites is 1. The van der Waals surface area contributed by atoms with Crippen molar-refractivity contribution in [1.82, 2.24) is 4.90 Å². The van der Waals surface area contributed by atoms with Gasteiger partial charge in [0.05, 0.1) is 0 Å². The van der Waals surface area contributed by atoms with E-state index in [1.165, 1.54) is 6.07 Å². The Bertz CT molecular complexity index is 521. The normalized spacial score (nSPS) is 16.0. The zero-order valence-corrected chi connectivity index (χ0v) is 11.8. The van der Waals surface area contributed by atoms with Crippen LogP contribution in [0.15, 0.2) is 18.2 Å². The fraction of sp³-hybridized carbons (Fsp3) is 0.467. The number of nitrogens with zero attached hydrogens (tertiary/aromatic N) is 1. The van der Waals surface area contributed by atoms with Crippen LogP contribution in [0.1, 0.15) is 35.7 Å². The number of carbonyl (C=O) groups excluding carboxylic acids is 2. The highest BCUT2D eigenvalue weighted by Crippen LogP contribution is 2.22. The molecule has 2 rings (SSSR count). The van der Waals surface area contributed by atoms with E-state index >= 15 is 0 Å². The number of benzene rings is 1. The minimum atomic E-state index is -0.833. The molecule has 0 bridgehead atoms. The summed E-state index contributed by atoms with van der Waals surface area (Å²) in [5.41, 5.74) is 0.684. The van der Waals surface area contributed by atoms with Crippen LogP contribution in [-0.2, 0) is 9.53 Å². The van der Waals surface area contributed by atoms with Crippen molar-refractivity contribution in [2.75, 3.05) is 13.1 Å². The van der Waals surface area contributed by atoms with Crippen molar-refractivity contribution < 1.29 is 19.4 Å². The lowest BCUT2D eigenvalue weighted by Gasteiger charge is -2.20. The maximum absolute atomic E-state index is 12.1. The number of ether oxygens (including phenoxy) is 1. The van der Waals surface area contributed by atoms with E-state index in [2.05, 4.69) is 0 Å². The van der Waals surface area contributed by atoms with E-state index < -0.39 is 12.1 Å². The second-order valence-corrected chi connectivity index (χ2v) is 5.05. The highest BCUT2D eigenvalue weighted by molar-refractivity contribution is 5.94. The highest BCUT2D eigenvalue weighted by Gasteiger charge is 2.27. The van der Waals surface area contributed by atoms with E-state index in [0.717, 1.165) is 25.9 Å². The van der Waals surface area contributed by atoms with Gasteiger partial charge in [-0.05, 0) is 38.3 Å². The Morgan fingerprint density at radius 1 is 1.30 bits per heavy atom. The second-order valence-electron chi connectivity index (χ2n) is 5.05. The summed E-state index contributed by atoms with van der Waals surface area (Å²) < 4.78 is 5.16. The summed E-state index contributed by atoms with van der Waals surface area (Å²) in [5.74, 6) is -0.951. The Balaban J connectivity index is 2.03. The lowest BCUT2D eigenvalue weighted by atomic mass is 10.1. The predicted molar refractivity (Wildman–Crippen MR) is 73.5 cm³/mol. The van der Waals surface area contributed by atoms with Gasteiger partial charge >= 0.3 is 5.97 Å². The molecule has 1 aliphatic rings. The van der Waals surface area contributed by atoms with Crippen LogP contribution in [0.2, 0.25) is 0 Å². The molecule has 0 saturated carbocycles. The maximum Gasteiger partial charge on any atom is 0.342 e. The number of aryl methyl sites for hydroxylation is 1. The first-order chi connectivity index (χ1) is 9.50. The molecule has 1 aromatic carbocycles. The third kappa shape index (κ3) is 2.92. The molecule has 0 radical (unpaired) electrons. The number of likely N-dealkylation sites (tertiary alicyclic amines) is 1. The first kappa shape index (κ1) is 14.4. The molecule has 20 heavy (non-hydrogen) atoms. The summed E-state index contributed by atoms with van der Waals surface area (Å²) in [6.07, 6.45) is 1.15. The van der Waals surface area contributed by atoms with Crippen LogP contribution in [0.25, 0.3) is 0 Å². The van der Waals surface area contributed by atoms with Gasteiger partial charge in [0.2, 0.25) is 0 Å². The van der Waals surface area contributed by atoms with Crippen molar-refractivity contribution in [3.8, 4) is 5.75 Å². The van der Waals surface area contributed by atoms with E-state index in [9.17, 15) is 14.7 Å². The Kier molecular flexibility index (Phi) is 4.27. The number of phenols is 1. The number of phenolic OH excluding ortho intramolecular Hbond substituents is 1. The van der Waals surface area contributed by atoms with Crippen LogP contribution < -0.4 is 0 Å². The fourth-order valence-corrected chi connectivity index (χ4v) is 2.29. The highest BCUT2D eigenvalue weighted by atomic mass is 16.5. The largest absolute Gasteiger partial charge is 0.507 e. The summed E-state index contributed by atoms with van der Waals surface area (Å²) in [5, 5.41) is 9.83. The molecular weight excluding hydrogens is 258 g/mol. The molecule has 1 amide bonds. The SMILES string of the molecule is Cc1cccc(C(=O)OC(C)C(=O)N2CCCC2)c1O. The van der Waals surface area contributed by atoms with Crippen molar-refractivity contribution in [2.24, 2.45) is 0 Å². The minimum Gasteiger partial charge on any atom is -0.507 e. The molecule has 108 valence electrons. The number of amides is 1. The van der Waals surface area contributed by atoms with Gasteiger partial charge in [-0.2, -0.15) is 0 Å². The van der Waals surface area contributed by atoms with Gasteiger partial charge in [0.1, 0.15) is 11.3 Å². The first-order valence-corrected chi connectivity index (χ1v) is 6.79. The number of hydrogen-bond acceptors (Lipinski definition) is 4. The van der Waals surface area contributed by atoms with Crippen molar-refractivity contribution in [3.63, 3.8) is 0 Å². The summed E-state index contributed by atoms with van der Waals surface area (Å²) >= 11 is 0. The average molecular weight is 277 g/mol. The van der Waals surface area contributed by atoms with Crippen LogP contribution in [0.5, 0.6) is 5.75 Å². The Morgan fingerprint density at radius 2 is 1.95 bits per heavy atom. The minimum absolute atomic E-state index is 0.0890. The molecule has 1 atom stereocenters. The fourth-order valence-electron chi connectivity index (χ4n) is 2.29. The first-order valence-electron chi connectivity index (χ1n) is 6.79. The Morgan fingerprint density at radius 3 is 2.60 bits per heavy atom. The van der Waals surface area contributed by atoms with E-state index in [-0.39, 0.29) is 17.2 Å². The quantitative estimate of drug-likeness (QED) is 0.856. The second kappa shape index (κ2) is 5.94. The van der Waals surface area contributed by atoms with E-state index in [0.29, 0.717) is 5.56 Å². The van der Waals surface area contributed by atoms with Gasteiger partial charge in [0.25, 0.3) is 5.91 Å². The molecule has 1 heterocycles. The lowest BCUT2D eigenvalue weighted by molar-refractivity contribution is -0.138. The van der Waals surface area contributed by atoms with Gasteiger partial charge < -0.3 is 14.7 Å². The molecule has 5 nitrogen and oxygen atoms in total. The molecule has 0 spiro atoms. The molecule has 5 heteroatoms. The van der Waals surface area contributed by atoms with E-state index in [4.69, 9.17) is 4.74 Å².